The Morgan fingerprint density at radius 2 is 1.90 bits per heavy atom. The molecule has 1 aromatic rings. The van der Waals surface area contributed by atoms with Gasteiger partial charge < -0.3 is 5.43 Å². The Bertz CT molecular complexity index is 419. The molecule has 1 aromatic carbocycles. The molecule has 3 nitrogen and oxygen atoms in total. The van der Waals surface area contributed by atoms with Gasteiger partial charge in [-0.15, -0.1) is 0 Å². The number of allylic oxidation sites excluding steroid dienone is 1. The molecule has 0 fully saturated rings. The van der Waals surface area contributed by atoms with Crippen LogP contribution < -0.4 is 11.3 Å². The molecule has 0 bridgehead atoms. The number of rotatable bonds is 8. The maximum absolute atomic E-state index is 5.60. The predicted octanol–water partition coefficient (Wildman–Crippen LogP) is 4.31. The lowest BCUT2D eigenvalue weighted by atomic mass is 9.95. The third-order valence-electron chi connectivity index (χ3n) is 3.75. The maximum Gasteiger partial charge on any atom is 0.0260 e. The summed E-state index contributed by atoms with van der Waals surface area (Å²) in [6.45, 7) is 2.33. The minimum Gasteiger partial charge on any atom is -0.302 e. The summed E-state index contributed by atoms with van der Waals surface area (Å²) in [5.41, 5.74) is 4.43. The number of nitrogens with one attached hydrogen (secondary N) is 1. The second-order valence-electron chi connectivity index (χ2n) is 5.42. The predicted molar refractivity (Wildman–Crippen MR) is 87.4 cm³/mol. The van der Waals surface area contributed by atoms with E-state index in [0.717, 1.165) is 6.42 Å². The van der Waals surface area contributed by atoms with Crippen LogP contribution in [0.4, 0.5) is 0 Å². The Hall–Kier alpha value is -0.970. The molecule has 20 heavy (non-hydrogen) atoms. The first-order valence-electron chi connectivity index (χ1n) is 7.48. The van der Waals surface area contributed by atoms with Crippen molar-refractivity contribution >= 4 is 11.9 Å². The monoisotopic (exact) mass is 291 g/mol. The van der Waals surface area contributed by atoms with Gasteiger partial charge in [-0.1, -0.05) is 61.0 Å². The van der Waals surface area contributed by atoms with E-state index in [1.807, 2.05) is 6.20 Å². The molecule has 0 radical (unpaired) electrons. The van der Waals surface area contributed by atoms with Crippen LogP contribution in [0, 0.1) is 0 Å². The third kappa shape index (κ3) is 5.19. The van der Waals surface area contributed by atoms with Gasteiger partial charge >= 0.3 is 0 Å². The van der Waals surface area contributed by atoms with E-state index in [0.29, 0.717) is 5.92 Å². The zero-order chi connectivity index (χ0) is 14.2. The number of hydrogen-bond acceptors (Lipinski definition) is 4. The third-order valence-corrected chi connectivity index (χ3v) is 4.61. The first-order valence-corrected chi connectivity index (χ1v) is 8.26. The summed E-state index contributed by atoms with van der Waals surface area (Å²) < 4.78 is 1.55. The molecule has 0 aromatic heterocycles. The highest BCUT2D eigenvalue weighted by molar-refractivity contribution is 8.00. The summed E-state index contributed by atoms with van der Waals surface area (Å²) in [7, 11) is 0. The van der Waals surface area contributed by atoms with Gasteiger partial charge in [0.2, 0.25) is 0 Å². The van der Waals surface area contributed by atoms with Crippen LogP contribution >= 0.6 is 11.9 Å². The van der Waals surface area contributed by atoms with Crippen molar-refractivity contribution in [2.75, 3.05) is 0 Å². The molecule has 2 rings (SSSR count). The van der Waals surface area contributed by atoms with Gasteiger partial charge in [0.05, 0.1) is 0 Å². The minimum absolute atomic E-state index is 0.680. The van der Waals surface area contributed by atoms with E-state index < -0.39 is 0 Å². The van der Waals surface area contributed by atoms with E-state index in [1.54, 1.807) is 16.5 Å². The molecule has 1 atom stereocenters. The Balaban J connectivity index is 1.51. The average molecular weight is 291 g/mol. The zero-order valence-corrected chi connectivity index (χ0v) is 13.0. The topological polar surface area (TPSA) is 41.3 Å². The summed E-state index contributed by atoms with van der Waals surface area (Å²) in [6, 6.07) is 10.8. The number of nitrogens with zero attached hydrogens (tertiary/aromatic N) is 1. The normalized spacial score (nSPS) is 16.8. The molecule has 0 spiro atoms. The summed E-state index contributed by atoms with van der Waals surface area (Å²) in [6.07, 6.45) is 9.65. The van der Waals surface area contributed by atoms with E-state index in [4.69, 9.17) is 5.84 Å². The highest BCUT2D eigenvalue weighted by atomic mass is 32.2. The van der Waals surface area contributed by atoms with Gasteiger partial charge in [-0.3, -0.25) is 0 Å². The summed E-state index contributed by atoms with van der Waals surface area (Å²) in [4.78, 5) is 1.34. The fourth-order valence-corrected chi connectivity index (χ4v) is 3.18. The summed E-state index contributed by atoms with van der Waals surface area (Å²) in [5, 5.41) is 0. The second-order valence-corrected chi connectivity index (χ2v) is 6.52. The molecular weight excluding hydrogens is 266 g/mol. The van der Waals surface area contributed by atoms with E-state index in [9.17, 15) is 0 Å². The highest BCUT2D eigenvalue weighted by Gasteiger charge is 2.10. The van der Waals surface area contributed by atoms with Crippen molar-refractivity contribution < 1.29 is 0 Å². The molecule has 0 aliphatic carbocycles. The molecule has 0 saturated carbocycles. The van der Waals surface area contributed by atoms with Crippen LogP contribution in [0.1, 0.15) is 56.9 Å². The number of hydrogen-bond donors (Lipinski definition) is 2. The second kappa shape index (κ2) is 8.35. The first kappa shape index (κ1) is 15.4. The lowest BCUT2D eigenvalue weighted by molar-refractivity contribution is 0.440. The Morgan fingerprint density at radius 1 is 1.15 bits per heavy atom. The molecule has 3 N–H and O–H groups in total. The quantitative estimate of drug-likeness (QED) is 0.425. The zero-order valence-electron chi connectivity index (χ0n) is 12.2. The van der Waals surface area contributed by atoms with Crippen molar-refractivity contribution in [2.24, 2.45) is 5.84 Å². The summed E-state index contributed by atoms with van der Waals surface area (Å²) >= 11 is 1.59. The molecule has 1 heterocycles. The molecule has 1 aliphatic heterocycles. The largest absolute Gasteiger partial charge is 0.302 e. The Kier molecular flexibility index (Phi) is 6.43. The lowest BCUT2D eigenvalue weighted by Gasteiger charge is -2.11. The van der Waals surface area contributed by atoms with Crippen LogP contribution in [0.25, 0.3) is 0 Å². The maximum atomic E-state index is 5.60. The van der Waals surface area contributed by atoms with Gasteiger partial charge in [-0.05, 0) is 42.7 Å². The van der Waals surface area contributed by atoms with Crippen LogP contribution in [-0.4, -0.2) is 4.52 Å². The smallest absolute Gasteiger partial charge is 0.0260 e. The van der Waals surface area contributed by atoms with E-state index in [-0.39, 0.29) is 0 Å². The standard InChI is InChI=1S/C16H25N3S/c1-14(15-10-6-4-7-11-15)9-5-2-3-8-12-16-13-18-19(17)20-16/h4,6-7,10-11,13-14,18H,2-3,5,8-9,12,17H2,1H3. The van der Waals surface area contributed by atoms with Gasteiger partial charge in [-0.2, -0.15) is 0 Å². The fraction of sp³-hybridized carbons (Fsp3) is 0.500. The van der Waals surface area contributed by atoms with Gasteiger partial charge in [0, 0.05) is 11.1 Å². The molecule has 110 valence electrons. The van der Waals surface area contributed by atoms with Crippen molar-refractivity contribution in [1.29, 1.82) is 0 Å². The molecule has 1 unspecified atom stereocenters. The Labute approximate surface area is 126 Å². The molecule has 1 aliphatic rings. The van der Waals surface area contributed by atoms with Gasteiger partial charge in [-0.25, -0.2) is 5.84 Å². The van der Waals surface area contributed by atoms with Crippen molar-refractivity contribution in [3.63, 3.8) is 0 Å². The van der Waals surface area contributed by atoms with Crippen LogP contribution in [0.15, 0.2) is 41.4 Å². The van der Waals surface area contributed by atoms with E-state index in [1.165, 1.54) is 42.6 Å². The molecule has 0 amide bonds. The summed E-state index contributed by atoms with van der Waals surface area (Å²) in [5.74, 6) is 6.28. The SMILES string of the molecule is CC(CCCCCCC1=CNN(N)S1)c1ccccc1. The Morgan fingerprint density at radius 3 is 2.60 bits per heavy atom. The van der Waals surface area contributed by atoms with E-state index >= 15 is 0 Å². The van der Waals surface area contributed by atoms with Gasteiger partial charge in [0.1, 0.15) is 0 Å². The molecule has 0 saturated heterocycles. The van der Waals surface area contributed by atoms with Crippen LogP contribution in [-0.2, 0) is 0 Å². The number of hydrazine groups is 2. The first-order chi connectivity index (χ1) is 9.75. The number of benzene rings is 1. The number of nitrogens with two attached hydrogens (primary N) is 1. The van der Waals surface area contributed by atoms with Crippen molar-refractivity contribution in [2.45, 2.75) is 51.4 Å². The highest BCUT2D eigenvalue weighted by Crippen LogP contribution is 2.27. The molecular formula is C16H25N3S. The fourth-order valence-electron chi connectivity index (χ4n) is 2.48. The molecule has 4 heteroatoms. The van der Waals surface area contributed by atoms with Gasteiger partial charge in [0.15, 0.2) is 0 Å². The minimum atomic E-state index is 0.680. The average Bonchev–Trinajstić information content (AvgIpc) is 2.89. The van der Waals surface area contributed by atoms with Crippen LogP contribution in [0.5, 0.6) is 0 Å². The van der Waals surface area contributed by atoms with Gasteiger partial charge in [0.25, 0.3) is 0 Å². The van der Waals surface area contributed by atoms with E-state index in [2.05, 4.69) is 42.7 Å². The van der Waals surface area contributed by atoms with Crippen molar-refractivity contribution in [3.8, 4) is 0 Å². The van der Waals surface area contributed by atoms with Crippen molar-refractivity contribution in [1.82, 2.24) is 9.95 Å². The van der Waals surface area contributed by atoms with Crippen LogP contribution in [0.3, 0.4) is 0 Å². The lowest BCUT2D eigenvalue weighted by Crippen LogP contribution is -2.30. The number of unbranched alkanes of at least 4 members (excludes halogenated alkanes) is 3. The van der Waals surface area contributed by atoms with Crippen LogP contribution in [0.2, 0.25) is 0 Å². The van der Waals surface area contributed by atoms with Crippen molar-refractivity contribution in [3.05, 3.63) is 47.0 Å².